The second kappa shape index (κ2) is 5.94. The van der Waals surface area contributed by atoms with Crippen LogP contribution in [0.2, 0.25) is 0 Å². The molecule has 0 fully saturated rings. The van der Waals surface area contributed by atoms with Gasteiger partial charge < -0.3 is 4.98 Å². The van der Waals surface area contributed by atoms with Crippen molar-refractivity contribution in [1.82, 2.24) is 4.98 Å². The van der Waals surface area contributed by atoms with E-state index in [0.717, 1.165) is 27.6 Å². The van der Waals surface area contributed by atoms with Crippen LogP contribution in [0.5, 0.6) is 0 Å². The van der Waals surface area contributed by atoms with Gasteiger partial charge in [0.1, 0.15) is 11.6 Å². The summed E-state index contributed by atoms with van der Waals surface area (Å²) in [7, 11) is 0. The maximum absolute atomic E-state index is 12.7. The lowest BCUT2D eigenvalue weighted by atomic mass is 9.99. The van der Waals surface area contributed by atoms with Gasteiger partial charge in [0, 0.05) is 22.7 Å². The van der Waals surface area contributed by atoms with Crippen LogP contribution in [0, 0.1) is 25.2 Å². The number of hydrogen-bond donors (Lipinski definition) is 1. The number of H-pyrrole nitrogens is 1. The predicted octanol–water partition coefficient (Wildman–Crippen LogP) is 4.57. The molecule has 3 rings (SSSR count). The number of allylic oxidation sites excluding steroid dienone is 1. The lowest BCUT2D eigenvalue weighted by Crippen LogP contribution is -2.01. The number of aromatic amines is 1. The van der Waals surface area contributed by atoms with Crippen molar-refractivity contribution in [3.05, 3.63) is 76.5 Å². The average Bonchev–Trinajstić information content (AvgIpc) is 2.97. The van der Waals surface area contributed by atoms with E-state index in [1.807, 2.05) is 62.4 Å². The van der Waals surface area contributed by atoms with Crippen LogP contribution in [0.3, 0.4) is 0 Å². The number of carbonyl (C=O) groups is 1. The number of hydrogen-bond acceptors (Lipinski definition) is 2. The molecule has 0 aliphatic carbocycles. The van der Waals surface area contributed by atoms with Crippen molar-refractivity contribution < 1.29 is 4.79 Å². The number of ketones is 1. The van der Waals surface area contributed by atoms with Gasteiger partial charge in [0.05, 0.1) is 0 Å². The number of fused-ring (bicyclic) bond motifs is 1. The van der Waals surface area contributed by atoms with E-state index in [1.54, 1.807) is 12.3 Å². The first-order chi connectivity index (χ1) is 11.1. The number of aryl methyl sites for hydroxylation is 2. The van der Waals surface area contributed by atoms with Crippen molar-refractivity contribution in [3.8, 4) is 6.07 Å². The van der Waals surface area contributed by atoms with Gasteiger partial charge in [-0.2, -0.15) is 5.26 Å². The van der Waals surface area contributed by atoms with E-state index in [0.29, 0.717) is 5.56 Å². The van der Waals surface area contributed by atoms with Gasteiger partial charge in [0.15, 0.2) is 0 Å². The summed E-state index contributed by atoms with van der Waals surface area (Å²) in [5.74, 6) is -0.259. The summed E-state index contributed by atoms with van der Waals surface area (Å²) >= 11 is 0. The minimum atomic E-state index is -0.259. The van der Waals surface area contributed by atoms with E-state index in [9.17, 15) is 10.1 Å². The van der Waals surface area contributed by atoms with E-state index in [1.165, 1.54) is 0 Å². The molecule has 0 unspecified atom stereocenters. The van der Waals surface area contributed by atoms with Crippen molar-refractivity contribution >= 4 is 22.8 Å². The van der Waals surface area contributed by atoms with Gasteiger partial charge in [-0.15, -0.1) is 0 Å². The standard InChI is InChI=1S/C20H16N2O/c1-13-7-8-15(14(2)9-13)10-16(11-21)20(23)18-12-22-19-6-4-3-5-17(18)19/h3-10,12,22H,1-2H3/b16-10+. The molecule has 3 heteroatoms. The minimum absolute atomic E-state index is 0.140. The van der Waals surface area contributed by atoms with Crippen molar-refractivity contribution in [2.75, 3.05) is 0 Å². The number of aromatic nitrogens is 1. The Hall–Kier alpha value is -3.12. The molecule has 0 bridgehead atoms. The Morgan fingerprint density at radius 1 is 1.17 bits per heavy atom. The smallest absolute Gasteiger partial charge is 0.205 e. The predicted molar refractivity (Wildman–Crippen MR) is 92.1 cm³/mol. The largest absolute Gasteiger partial charge is 0.360 e. The molecule has 3 aromatic rings. The Kier molecular flexibility index (Phi) is 3.82. The van der Waals surface area contributed by atoms with Crippen molar-refractivity contribution in [2.24, 2.45) is 0 Å². The average molecular weight is 300 g/mol. The quantitative estimate of drug-likeness (QED) is 0.437. The summed E-state index contributed by atoms with van der Waals surface area (Å²) in [5, 5.41) is 10.3. The van der Waals surface area contributed by atoms with Crippen LogP contribution in [0.1, 0.15) is 27.0 Å². The molecule has 0 atom stereocenters. The highest BCUT2D eigenvalue weighted by atomic mass is 16.1. The second-order valence-corrected chi connectivity index (χ2v) is 5.61. The monoisotopic (exact) mass is 300 g/mol. The van der Waals surface area contributed by atoms with E-state index < -0.39 is 0 Å². The van der Waals surface area contributed by atoms with E-state index in [2.05, 4.69) is 4.98 Å². The summed E-state index contributed by atoms with van der Waals surface area (Å²) in [6.07, 6.45) is 3.33. The number of benzene rings is 2. The number of carbonyl (C=O) groups excluding carboxylic acids is 1. The van der Waals surface area contributed by atoms with E-state index in [4.69, 9.17) is 0 Å². The molecule has 0 saturated carbocycles. The van der Waals surface area contributed by atoms with Crippen LogP contribution in [-0.2, 0) is 0 Å². The van der Waals surface area contributed by atoms with E-state index >= 15 is 0 Å². The molecule has 0 aliphatic rings. The van der Waals surface area contributed by atoms with Crippen molar-refractivity contribution in [2.45, 2.75) is 13.8 Å². The van der Waals surface area contributed by atoms with Gasteiger partial charge in [0.2, 0.25) is 5.78 Å². The lowest BCUT2D eigenvalue weighted by Gasteiger charge is -2.03. The molecule has 112 valence electrons. The highest BCUT2D eigenvalue weighted by Gasteiger charge is 2.16. The molecule has 1 N–H and O–H groups in total. The first kappa shape index (κ1) is 14.8. The number of para-hydroxylation sites is 1. The number of nitriles is 1. The highest BCUT2D eigenvalue weighted by Crippen LogP contribution is 2.22. The highest BCUT2D eigenvalue weighted by molar-refractivity contribution is 6.19. The first-order valence-electron chi connectivity index (χ1n) is 7.40. The molecular weight excluding hydrogens is 284 g/mol. The number of nitrogens with one attached hydrogen (secondary N) is 1. The summed E-state index contributed by atoms with van der Waals surface area (Å²) < 4.78 is 0. The Bertz CT molecular complexity index is 971. The molecule has 3 nitrogen and oxygen atoms in total. The molecule has 0 radical (unpaired) electrons. The Balaban J connectivity index is 2.05. The molecule has 0 aliphatic heterocycles. The summed E-state index contributed by atoms with van der Waals surface area (Å²) in [4.78, 5) is 15.8. The minimum Gasteiger partial charge on any atom is -0.360 e. The van der Waals surface area contributed by atoms with E-state index in [-0.39, 0.29) is 11.4 Å². The molecular formula is C20H16N2O. The fourth-order valence-electron chi connectivity index (χ4n) is 2.70. The summed E-state index contributed by atoms with van der Waals surface area (Å²) in [6.45, 7) is 3.99. The first-order valence-corrected chi connectivity index (χ1v) is 7.40. The van der Waals surface area contributed by atoms with Crippen LogP contribution in [0.15, 0.2) is 54.2 Å². The van der Waals surface area contributed by atoms with Gasteiger partial charge in [-0.1, -0.05) is 42.0 Å². The molecule has 1 heterocycles. The molecule has 0 spiro atoms. The number of nitrogens with zero attached hydrogens (tertiary/aromatic N) is 1. The molecule has 2 aromatic carbocycles. The maximum Gasteiger partial charge on any atom is 0.205 e. The second-order valence-electron chi connectivity index (χ2n) is 5.61. The third kappa shape index (κ3) is 2.79. The Labute approximate surface area is 134 Å². The fraction of sp³-hybridized carbons (Fsp3) is 0.100. The molecule has 1 aromatic heterocycles. The summed E-state index contributed by atoms with van der Waals surface area (Å²) in [6, 6.07) is 15.6. The lowest BCUT2D eigenvalue weighted by molar-refractivity contribution is 0.104. The van der Waals surface area contributed by atoms with Crippen molar-refractivity contribution in [1.29, 1.82) is 5.26 Å². The third-order valence-electron chi connectivity index (χ3n) is 3.92. The van der Waals surface area contributed by atoms with Crippen LogP contribution in [0.4, 0.5) is 0 Å². The van der Waals surface area contributed by atoms with Gasteiger partial charge in [0.25, 0.3) is 0 Å². The Morgan fingerprint density at radius 2 is 1.96 bits per heavy atom. The normalized spacial score (nSPS) is 11.4. The van der Waals surface area contributed by atoms with Gasteiger partial charge in [-0.3, -0.25) is 4.79 Å². The number of rotatable bonds is 3. The van der Waals surface area contributed by atoms with Crippen LogP contribution in [-0.4, -0.2) is 10.8 Å². The van der Waals surface area contributed by atoms with Crippen LogP contribution in [0.25, 0.3) is 17.0 Å². The molecule has 23 heavy (non-hydrogen) atoms. The summed E-state index contributed by atoms with van der Waals surface area (Å²) in [5.41, 5.74) is 4.64. The van der Waals surface area contributed by atoms with Gasteiger partial charge >= 0.3 is 0 Å². The zero-order valence-corrected chi connectivity index (χ0v) is 13.1. The Morgan fingerprint density at radius 3 is 2.70 bits per heavy atom. The van der Waals surface area contributed by atoms with Crippen molar-refractivity contribution in [3.63, 3.8) is 0 Å². The number of Topliss-reactive ketones (excluding diaryl/α,β-unsaturated/α-hetero) is 1. The SMILES string of the molecule is Cc1ccc(/C=C(\C#N)C(=O)c2c[nH]c3ccccc23)c(C)c1. The van der Waals surface area contributed by atoms with Crippen LogP contribution >= 0.6 is 0 Å². The zero-order valence-electron chi connectivity index (χ0n) is 13.1. The molecule has 0 saturated heterocycles. The topological polar surface area (TPSA) is 56.6 Å². The maximum atomic E-state index is 12.7. The van der Waals surface area contributed by atoms with Gasteiger partial charge in [-0.05, 0) is 37.1 Å². The fourth-order valence-corrected chi connectivity index (χ4v) is 2.70. The van der Waals surface area contributed by atoms with Gasteiger partial charge in [-0.25, -0.2) is 0 Å². The molecule has 0 amide bonds. The van der Waals surface area contributed by atoms with Crippen LogP contribution < -0.4 is 0 Å². The third-order valence-corrected chi connectivity index (χ3v) is 3.92. The zero-order chi connectivity index (χ0) is 16.4.